The number of oxime groups is 1. The molecule has 1 N–H and O–H groups in total. The van der Waals surface area contributed by atoms with Crippen molar-refractivity contribution < 1.29 is 33.7 Å². The van der Waals surface area contributed by atoms with Gasteiger partial charge in [0.1, 0.15) is 18.3 Å². The van der Waals surface area contributed by atoms with E-state index in [0.717, 1.165) is 16.7 Å². The molecule has 0 aliphatic carbocycles. The van der Waals surface area contributed by atoms with Crippen molar-refractivity contribution in [2.75, 3.05) is 6.61 Å². The SMILES string of the molecule is O=C1O[C@@H]2[C@@H](OCc3ccccc3)[C@@H]([C@H](COCc3ccccc3)OCc3ccccc3)O[C@@H]2/C1=N\O. The van der Waals surface area contributed by atoms with Crippen molar-refractivity contribution in [2.45, 2.75) is 50.3 Å². The van der Waals surface area contributed by atoms with Gasteiger partial charge in [-0.3, -0.25) is 0 Å². The zero-order valence-electron chi connectivity index (χ0n) is 20.2. The molecule has 0 amide bonds. The number of carbonyl (C=O) groups is 1. The van der Waals surface area contributed by atoms with E-state index in [1.54, 1.807) is 0 Å². The second kappa shape index (κ2) is 12.1. The molecule has 5 rings (SSSR count). The van der Waals surface area contributed by atoms with Gasteiger partial charge >= 0.3 is 5.97 Å². The number of rotatable bonds is 11. The molecule has 8 nitrogen and oxygen atoms in total. The van der Waals surface area contributed by atoms with E-state index in [0.29, 0.717) is 13.2 Å². The molecule has 2 saturated heterocycles. The molecular weight excluding hydrogens is 474 g/mol. The number of fused-ring (bicyclic) bond motifs is 1. The third kappa shape index (κ3) is 6.06. The van der Waals surface area contributed by atoms with Crippen LogP contribution in [0.3, 0.4) is 0 Å². The molecular formula is C29H29NO7. The molecule has 2 aliphatic rings. The van der Waals surface area contributed by atoms with Crippen LogP contribution < -0.4 is 0 Å². The van der Waals surface area contributed by atoms with E-state index in [1.165, 1.54) is 0 Å². The van der Waals surface area contributed by atoms with Gasteiger partial charge in [0.05, 0.1) is 26.4 Å². The summed E-state index contributed by atoms with van der Waals surface area (Å²) >= 11 is 0. The number of benzene rings is 3. The maximum absolute atomic E-state index is 12.3. The molecule has 0 bridgehead atoms. The van der Waals surface area contributed by atoms with Crippen molar-refractivity contribution in [1.29, 1.82) is 0 Å². The average molecular weight is 504 g/mol. The summed E-state index contributed by atoms with van der Waals surface area (Å²) in [4.78, 5) is 12.3. The van der Waals surface area contributed by atoms with E-state index >= 15 is 0 Å². The van der Waals surface area contributed by atoms with Gasteiger partial charge in [0.25, 0.3) is 0 Å². The Morgan fingerprint density at radius 3 is 1.97 bits per heavy atom. The quantitative estimate of drug-likeness (QED) is 0.241. The summed E-state index contributed by atoms with van der Waals surface area (Å²) in [5.41, 5.74) is 2.83. The highest BCUT2D eigenvalue weighted by molar-refractivity contribution is 6.40. The standard InChI is InChI=1S/C29H29NO7/c31-29-24(30-32)26-28(37-29)27(35-18-22-14-8-3-9-15-22)25(36-26)23(34-17-21-12-6-2-7-13-21)19-33-16-20-10-4-1-5-11-20/h1-15,23,25-28,32H,16-19H2/b30-24+/t23-,25+,26+,27-,28-/m0/s1. The van der Waals surface area contributed by atoms with Crippen molar-refractivity contribution in [3.05, 3.63) is 108 Å². The minimum absolute atomic E-state index is 0.173. The highest BCUT2D eigenvalue weighted by atomic mass is 16.7. The summed E-state index contributed by atoms with van der Waals surface area (Å²) in [6, 6.07) is 29.4. The van der Waals surface area contributed by atoms with Gasteiger partial charge in [-0.1, -0.05) is 96.2 Å². The van der Waals surface area contributed by atoms with Crippen molar-refractivity contribution >= 4 is 11.7 Å². The van der Waals surface area contributed by atoms with Crippen LogP contribution in [0.2, 0.25) is 0 Å². The molecule has 0 radical (unpaired) electrons. The summed E-state index contributed by atoms with van der Waals surface area (Å²) in [5.74, 6) is -0.716. The molecule has 8 heteroatoms. The van der Waals surface area contributed by atoms with Crippen LogP contribution in [0.5, 0.6) is 0 Å². The summed E-state index contributed by atoms with van der Waals surface area (Å²) in [6.07, 6.45) is -3.46. The number of hydrogen-bond acceptors (Lipinski definition) is 8. The van der Waals surface area contributed by atoms with Gasteiger partial charge in [0, 0.05) is 0 Å². The molecule has 0 unspecified atom stereocenters. The third-order valence-corrected chi connectivity index (χ3v) is 6.43. The molecule has 3 aromatic carbocycles. The van der Waals surface area contributed by atoms with Crippen LogP contribution in [0, 0.1) is 0 Å². The number of hydrogen-bond donors (Lipinski definition) is 1. The van der Waals surface area contributed by atoms with Gasteiger partial charge in [0.15, 0.2) is 17.9 Å². The van der Waals surface area contributed by atoms with Gasteiger partial charge in [0.2, 0.25) is 0 Å². The molecule has 3 aromatic rings. The summed E-state index contributed by atoms with van der Waals surface area (Å²) < 4.78 is 30.4. The van der Waals surface area contributed by atoms with Crippen LogP contribution in [0.15, 0.2) is 96.2 Å². The molecule has 2 aliphatic heterocycles. The summed E-state index contributed by atoms with van der Waals surface area (Å²) in [6.45, 7) is 1.24. The van der Waals surface area contributed by atoms with E-state index in [4.69, 9.17) is 23.7 Å². The first-order chi connectivity index (χ1) is 18.2. The number of nitrogens with zero attached hydrogens (tertiary/aromatic N) is 1. The summed E-state index contributed by atoms with van der Waals surface area (Å²) in [5, 5.41) is 12.6. The number of esters is 1. The topological polar surface area (TPSA) is 95.8 Å². The van der Waals surface area contributed by atoms with Crippen molar-refractivity contribution in [2.24, 2.45) is 5.16 Å². The minimum atomic E-state index is -0.861. The van der Waals surface area contributed by atoms with Gasteiger partial charge < -0.3 is 28.9 Å². The van der Waals surface area contributed by atoms with Crippen LogP contribution >= 0.6 is 0 Å². The monoisotopic (exact) mass is 503 g/mol. The fourth-order valence-electron chi connectivity index (χ4n) is 4.57. The first-order valence-electron chi connectivity index (χ1n) is 12.2. The van der Waals surface area contributed by atoms with Crippen molar-refractivity contribution in [3.63, 3.8) is 0 Å². The lowest BCUT2D eigenvalue weighted by Crippen LogP contribution is -2.44. The van der Waals surface area contributed by atoms with E-state index in [9.17, 15) is 10.0 Å². The van der Waals surface area contributed by atoms with Crippen LogP contribution in [0.1, 0.15) is 16.7 Å². The second-order valence-corrected chi connectivity index (χ2v) is 8.97. The molecule has 0 aromatic heterocycles. The first-order valence-corrected chi connectivity index (χ1v) is 12.2. The lowest BCUT2D eigenvalue weighted by Gasteiger charge is -2.29. The average Bonchev–Trinajstić information content (AvgIpc) is 3.44. The number of ether oxygens (including phenoxy) is 5. The molecule has 5 atom stereocenters. The predicted molar refractivity (Wildman–Crippen MR) is 134 cm³/mol. The van der Waals surface area contributed by atoms with Gasteiger partial charge in [-0.2, -0.15) is 0 Å². The molecule has 192 valence electrons. The zero-order chi connectivity index (χ0) is 25.5. The van der Waals surface area contributed by atoms with Crippen LogP contribution in [0.25, 0.3) is 0 Å². The molecule has 0 spiro atoms. The van der Waals surface area contributed by atoms with Crippen molar-refractivity contribution in [3.8, 4) is 0 Å². The smallest absolute Gasteiger partial charge is 0.359 e. The van der Waals surface area contributed by atoms with E-state index in [-0.39, 0.29) is 18.9 Å². The number of carbonyl (C=O) groups excluding carboxylic acids is 1. The third-order valence-electron chi connectivity index (χ3n) is 6.43. The lowest BCUT2D eigenvalue weighted by molar-refractivity contribution is -0.153. The molecule has 2 fully saturated rings. The highest BCUT2D eigenvalue weighted by Crippen LogP contribution is 2.35. The van der Waals surface area contributed by atoms with Crippen LogP contribution in [-0.4, -0.2) is 54.0 Å². The van der Waals surface area contributed by atoms with E-state index in [2.05, 4.69) is 5.16 Å². The second-order valence-electron chi connectivity index (χ2n) is 8.97. The van der Waals surface area contributed by atoms with Crippen molar-refractivity contribution in [1.82, 2.24) is 0 Å². The van der Waals surface area contributed by atoms with E-state index < -0.39 is 36.5 Å². The summed E-state index contributed by atoms with van der Waals surface area (Å²) in [7, 11) is 0. The Balaban J connectivity index is 1.35. The molecule has 0 saturated carbocycles. The maximum atomic E-state index is 12.3. The fraction of sp³-hybridized carbons (Fsp3) is 0.310. The first kappa shape index (κ1) is 25.1. The van der Waals surface area contributed by atoms with Crippen LogP contribution in [0.4, 0.5) is 0 Å². The Morgan fingerprint density at radius 1 is 0.811 bits per heavy atom. The Labute approximate surface area is 215 Å². The predicted octanol–water partition coefficient (Wildman–Crippen LogP) is 3.90. The minimum Gasteiger partial charge on any atom is -0.452 e. The Bertz CT molecular complexity index is 1170. The Hall–Kier alpha value is -3.56. The lowest BCUT2D eigenvalue weighted by atomic mass is 10.0. The van der Waals surface area contributed by atoms with Gasteiger partial charge in [-0.25, -0.2) is 4.79 Å². The Morgan fingerprint density at radius 2 is 1.38 bits per heavy atom. The largest absolute Gasteiger partial charge is 0.452 e. The van der Waals surface area contributed by atoms with E-state index in [1.807, 2.05) is 91.0 Å². The van der Waals surface area contributed by atoms with Gasteiger partial charge in [-0.05, 0) is 16.7 Å². The fourth-order valence-corrected chi connectivity index (χ4v) is 4.57. The molecule has 37 heavy (non-hydrogen) atoms. The van der Waals surface area contributed by atoms with Gasteiger partial charge in [-0.15, -0.1) is 0 Å². The zero-order valence-corrected chi connectivity index (χ0v) is 20.2. The maximum Gasteiger partial charge on any atom is 0.359 e. The van der Waals surface area contributed by atoms with Crippen LogP contribution in [-0.2, 0) is 48.3 Å². The Kier molecular flexibility index (Phi) is 8.22. The normalized spacial score (nSPS) is 24.6. The highest BCUT2D eigenvalue weighted by Gasteiger charge is 2.58. The molecule has 2 heterocycles.